The van der Waals surface area contributed by atoms with E-state index in [-0.39, 0.29) is 11.9 Å². The molecule has 3 nitrogen and oxygen atoms in total. The van der Waals surface area contributed by atoms with Crippen molar-refractivity contribution in [3.05, 3.63) is 22.4 Å². The number of nitrogens with one attached hydrogen (secondary N) is 1. The van der Waals surface area contributed by atoms with Crippen LogP contribution in [-0.4, -0.2) is 17.3 Å². The van der Waals surface area contributed by atoms with E-state index < -0.39 is 0 Å². The molecule has 0 aliphatic heterocycles. The summed E-state index contributed by atoms with van der Waals surface area (Å²) in [4.78, 5) is 0. The minimum atomic E-state index is -0.355. The van der Waals surface area contributed by atoms with Gasteiger partial charge in [-0.1, -0.05) is 0 Å². The molecule has 0 amide bonds. The summed E-state index contributed by atoms with van der Waals surface area (Å²) in [5.41, 5.74) is 6.93. The van der Waals surface area contributed by atoms with E-state index in [4.69, 9.17) is 5.73 Å². The molecule has 0 aromatic heterocycles. The van der Waals surface area contributed by atoms with Crippen LogP contribution in [0.15, 0.2) is 16.6 Å². The Morgan fingerprint density at radius 3 is 2.59 bits per heavy atom. The quantitative estimate of drug-likeness (QED) is 0.736. The summed E-state index contributed by atoms with van der Waals surface area (Å²) in [6, 6.07) is 3.28. The van der Waals surface area contributed by atoms with Gasteiger partial charge >= 0.3 is 0 Å². The summed E-state index contributed by atoms with van der Waals surface area (Å²) < 4.78 is 13.6. The van der Waals surface area contributed by atoms with E-state index in [2.05, 4.69) is 21.2 Å². The van der Waals surface area contributed by atoms with Crippen molar-refractivity contribution in [1.82, 2.24) is 0 Å². The van der Waals surface area contributed by atoms with E-state index in [0.29, 0.717) is 16.2 Å². The van der Waals surface area contributed by atoms with E-state index in [0.717, 1.165) is 31.4 Å². The monoisotopic (exact) mass is 302 g/mol. The Morgan fingerprint density at radius 2 is 1.94 bits per heavy atom. The summed E-state index contributed by atoms with van der Waals surface area (Å²) in [7, 11) is 0. The summed E-state index contributed by atoms with van der Waals surface area (Å²) in [6.07, 6.45) is 3.26. The number of hydrogen-bond donors (Lipinski definition) is 3. The standard InChI is InChI=1S/C12H16BrFN2O/c13-9-5-12(11(15)6-10(9)14)16-7-1-3-8(17)4-2-7/h5-8,16-17H,1-4,15H2. The molecule has 0 unspecified atom stereocenters. The lowest BCUT2D eigenvalue weighted by Crippen LogP contribution is -2.28. The molecule has 0 saturated heterocycles. The highest BCUT2D eigenvalue weighted by Gasteiger charge is 2.20. The van der Waals surface area contributed by atoms with Crippen molar-refractivity contribution in [2.75, 3.05) is 11.1 Å². The van der Waals surface area contributed by atoms with Gasteiger partial charge in [0.15, 0.2) is 0 Å². The van der Waals surface area contributed by atoms with Crippen LogP contribution in [0, 0.1) is 5.82 Å². The molecule has 1 fully saturated rings. The summed E-state index contributed by atoms with van der Waals surface area (Å²) >= 11 is 3.14. The highest BCUT2D eigenvalue weighted by Crippen LogP contribution is 2.29. The molecular weight excluding hydrogens is 287 g/mol. The van der Waals surface area contributed by atoms with Crippen LogP contribution in [0.3, 0.4) is 0 Å². The predicted octanol–water partition coefficient (Wildman–Crippen LogP) is 2.89. The minimum absolute atomic E-state index is 0.176. The lowest BCUT2D eigenvalue weighted by Gasteiger charge is -2.27. The summed E-state index contributed by atoms with van der Waals surface area (Å²) in [6.45, 7) is 0. The highest BCUT2D eigenvalue weighted by atomic mass is 79.9. The third-order valence-corrected chi connectivity index (χ3v) is 3.76. The predicted molar refractivity (Wildman–Crippen MR) is 70.4 cm³/mol. The molecule has 0 bridgehead atoms. The van der Waals surface area contributed by atoms with Crippen LogP contribution in [-0.2, 0) is 0 Å². The number of nitrogens with two attached hydrogens (primary N) is 1. The van der Waals surface area contributed by atoms with Crippen molar-refractivity contribution in [3.8, 4) is 0 Å². The average Bonchev–Trinajstić information content (AvgIpc) is 2.29. The fraction of sp³-hybridized carbons (Fsp3) is 0.500. The number of halogens is 2. The molecule has 1 aromatic rings. The normalized spacial score (nSPS) is 24.6. The maximum Gasteiger partial charge on any atom is 0.139 e. The van der Waals surface area contributed by atoms with Crippen LogP contribution in [0.5, 0.6) is 0 Å². The third kappa shape index (κ3) is 3.10. The second-order valence-corrected chi connectivity index (χ2v) is 5.36. The molecule has 1 aliphatic rings. The van der Waals surface area contributed by atoms with E-state index in [1.165, 1.54) is 6.07 Å². The van der Waals surface area contributed by atoms with Crippen LogP contribution >= 0.6 is 15.9 Å². The average molecular weight is 303 g/mol. The zero-order chi connectivity index (χ0) is 12.4. The highest BCUT2D eigenvalue weighted by molar-refractivity contribution is 9.10. The van der Waals surface area contributed by atoms with Crippen LogP contribution < -0.4 is 11.1 Å². The topological polar surface area (TPSA) is 58.3 Å². The van der Waals surface area contributed by atoms with Crippen LogP contribution in [0.1, 0.15) is 25.7 Å². The van der Waals surface area contributed by atoms with Gasteiger partial charge in [0.2, 0.25) is 0 Å². The fourth-order valence-electron chi connectivity index (χ4n) is 2.13. The van der Waals surface area contributed by atoms with Gasteiger partial charge in [-0.3, -0.25) is 0 Å². The first-order chi connectivity index (χ1) is 8.06. The SMILES string of the molecule is Nc1cc(F)c(Br)cc1NC1CCC(O)CC1. The fourth-order valence-corrected chi connectivity index (χ4v) is 2.47. The van der Waals surface area contributed by atoms with Crippen molar-refractivity contribution in [3.63, 3.8) is 0 Å². The lowest BCUT2D eigenvalue weighted by molar-refractivity contribution is 0.126. The molecule has 17 heavy (non-hydrogen) atoms. The van der Waals surface area contributed by atoms with Gasteiger partial charge in [-0.05, 0) is 47.7 Å². The van der Waals surface area contributed by atoms with Gasteiger partial charge in [-0.25, -0.2) is 4.39 Å². The molecule has 0 heterocycles. The summed E-state index contributed by atoms with van der Waals surface area (Å²) in [5.74, 6) is -0.355. The van der Waals surface area contributed by atoms with Crippen molar-refractivity contribution < 1.29 is 9.50 Å². The zero-order valence-corrected chi connectivity index (χ0v) is 11.0. The van der Waals surface area contributed by atoms with Gasteiger partial charge in [-0.15, -0.1) is 0 Å². The molecule has 5 heteroatoms. The number of anilines is 2. The number of aliphatic hydroxyl groups is 1. The van der Waals surface area contributed by atoms with Crippen LogP contribution in [0.25, 0.3) is 0 Å². The maximum atomic E-state index is 13.2. The maximum absolute atomic E-state index is 13.2. The molecule has 0 radical (unpaired) electrons. The van der Waals surface area contributed by atoms with E-state index in [9.17, 15) is 9.50 Å². The van der Waals surface area contributed by atoms with E-state index >= 15 is 0 Å². The first-order valence-electron chi connectivity index (χ1n) is 5.75. The van der Waals surface area contributed by atoms with Crippen LogP contribution in [0.2, 0.25) is 0 Å². The molecule has 2 rings (SSSR count). The first-order valence-corrected chi connectivity index (χ1v) is 6.54. The second-order valence-electron chi connectivity index (χ2n) is 4.50. The number of benzene rings is 1. The molecule has 1 saturated carbocycles. The van der Waals surface area contributed by atoms with Gasteiger partial charge in [-0.2, -0.15) is 0 Å². The van der Waals surface area contributed by atoms with Gasteiger partial charge in [0.25, 0.3) is 0 Å². The third-order valence-electron chi connectivity index (χ3n) is 3.15. The van der Waals surface area contributed by atoms with Gasteiger partial charge in [0.1, 0.15) is 5.82 Å². The Bertz CT molecular complexity index is 406. The number of rotatable bonds is 2. The van der Waals surface area contributed by atoms with E-state index in [1.807, 2.05) is 0 Å². The minimum Gasteiger partial charge on any atom is -0.397 e. The number of aliphatic hydroxyl groups excluding tert-OH is 1. The van der Waals surface area contributed by atoms with Crippen molar-refractivity contribution in [2.45, 2.75) is 37.8 Å². The molecule has 1 aliphatic carbocycles. The van der Waals surface area contributed by atoms with Crippen LogP contribution in [0.4, 0.5) is 15.8 Å². The Hall–Kier alpha value is -0.810. The largest absolute Gasteiger partial charge is 0.397 e. The number of nitrogen functional groups attached to an aromatic ring is 1. The molecule has 94 valence electrons. The van der Waals surface area contributed by atoms with Crippen molar-refractivity contribution >= 4 is 27.3 Å². The molecule has 1 aromatic carbocycles. The molecular formula is C12H16BrFN2O. The van der Waals surface area contributed by atoms with Gasteiger partial charge in [0.05, 0.1) is 22.0 Å². The second kappa shape index (κ2) is 5.23. The Labute approximate surface area is 108 Å². The van der Waals surface area contributed by atoms with E-state index in [1.54, 1.807) is 6.07 Å². The van der Waals surface area contributed by atoms with Gasteiger partial charge < -0.3 is 16.2 Å². The lowest BCUT2D eigenvalue weighted by atomic mass is 9.93. The Balaban J connectivity index is 2.06. The van der Waals surface area contributed by atoms with Crippen molar-refractivity contribution in [1.29, 1.82) is 0 Å². The zero-order valence-electron chi connectivity index (χ0n) is 9.42. The van der Waals surface area contributed by atoms with Gasteiger partial charge in [0, 0.05) is 12.1 Å². The molecule has 0 spiro atoms. The first kappa shape index (κ1) is 12.6. The smallest absolute Gasteiger partial charge is 0.139 e. The summed E-state index contributed by atoms with van der Waals surface area (Å²) in [5, 5.41) is 12.7. The van der Waals surface area contributed by atoms with Crippen molar-refractivity contribution in [2.24, 2.45) is 0 Å². The Morgan fingerprint density at radius 1 is 1.29 bits per heavy atom. The molecule has 0 atom stereocenters. The number of hydrogen-bond acceptors (Lipinski definition) is 3. The Kier molecular flexibility index (Phi) is 3.89. The molecule has 4 N–H and O–H groups in total.